The highest BCUT2D eigenvalue weighted by molar-refractivity contribution is 5.71. The van der Waals surface area contributed by atoms with Crippen molar-refractivity contribution in [2.24, 2.45) is 0 Å². The molecular weight excluding hydrogens is 532 g/mol. The SMILES string of the molecule is CCCc1ccc(-c2ccc(-c3ccc(OCC(F)(F)Oc4cc(F)c(F)c(F)c4)c(F)c3F)cc2)c(F)c1. The van der Waals surface area contributed by atoms with Crippen LogP contribution in [-0.4, -0.2) is 12.7 Å². The number of rotatable bonds is 9. The number of hydrogen-bond donors (Lipinski definition) is 0. The minimum Gasteiger partial charge on any atom is -0.480 e. The molecule has 0 aliphatic rings. The normalized spacial score (nSPS) is 11.5. The van der Waals surface area contributed by atoms with Crippen molar-refractivity contribution in [1.82, 2.24) is 0 Å². The van der Waals surface area contributed by atoms with Gasteiger partial charge >= 0.3 is 6.11 Å². The van der Waals surface area contributed by atoms with Gasteiger partial charge in [-0.25, -0.2) is 22.0 Å². The summed E-state index contributed by atoms with van der Waals surface area (Å²) in [6, 6.07) is 13.3. The number of ether oxygens (including phenoxy) is 2. The lowest BCUT2D eigenvalue weighted by Gasteiger charge is -2.19. The molecule has 4 aromatic rings. The summed E-state index contributed by atoms with van der Waals surface area (Å²) in [7, 11) is 0. The quantitative estimate of drug-likeness (QED) is 0.153. The third kappa shape index (κ3) is 6.32. The molecule has 0 radical (unpaired) electrons. The predicted octanol–water partition coefficient (Wildman–Crippen LogP) is 8.86. The summed E-state index contributed by atoms with van der Waals surface area (Å²) in [4.78, 5) is 0. The van der Waals surface area contributed by atoms with Crippen LogP contribution in [0.3, 0.4) is 0 Å². The molecule has 0 saturated heterocycles. The Morgan fingerprint density at radius 2 is 1.23 bits per heavy atom. The zero-order chi connectivity index (χ0) is 28.3. The minimum atomic E-state index is -4.24. The molecule has 0 atom stereocenters. The van der Waals surface area contributed by atoms with Crippen molar-refractivity contribution in [2.45, 2.75) is 25.9 Å². The first-order chi connectivity index (χ1) is 18.5. The van der Waals surface area contributed by atoms with Crippen LogP contribution >= 0.6 is 0 Å². The van der Waals surface area contributed by atoms with Gasteiger partial charge in [-0.05, 0) is 41.3 Å². The molecule has 2 nitrogen and oxygen atoms in total. The van der Waals surface area contributed by atoms with Crippen LogP contribution in [0, 0.1) is 34.9 Å². The summed E-state index contributed by atoms with van der Waals surface area (Å²) >= 11 is 0. The van der Waals surface area contributed by atoms with E-state index in [1.807, 2.05) is 13.0 Å². The molecule has 0 aliphatic carbocycles. The summed E-state index contributed by atoms with van der Waals surface area (Å²) in [6.45, 7) is 0.332. The fraction of sp³-hybridized carbons (Fsp3) is 0.172. The summed E-state index contributed by atoms with van der Waals surface area (Å²) in [5.41, 5.74) is 1.75. The third-order valence-corrected chi connectivity index (χ3v) is 5.75. The van der Waals surface area contributed by atoms with E-state index in [1.54, 1.807) is 6.07 Å². The van der Waals surface area contributed by atoms with Gasteiger partial charge in [-0.3, -0.25) is 0 Å². The van der Waals surface area contributed by atoms with Gasteiger partial charge in [-0.2, -0.15) is 13.2 Å². The highest BCUT2D eigenvalue weighted by Gasteiger charge is 2.34. The first-order valence-corrected chi connectivity index (χ1v) is 11.7. The van der Waals surface area contributed by atoms with Gasteiger partial charge in [-0.15, -0.1) is 0 Å². The van der Waals surface area contributed by atoms with Crippen LogP contribution in [0.1, 0.15) is 18.9 Å². The van der Waals surface area contributed by atoms with Gasteiger partial charge in [-0.1, -0.05) is 49.7 Å². The standard InChI is InChI=1S/C29H20F8O2/c1-2-3-16-4-9-20(22(30)12-16)17-5-7-18(8-6-17)21-10-11-25(28(35)26(21)33)38-15-29(36,37)39-19-13-23(31)27(34)24(32)14-19/h4-14H,2-3,15H2,1H3. The van der Waals surface area contributed by atoms with Crippen molar-refractivity contribution in [1.29, 1.82) is 0 Å². The maximum atomic E-state index is 14.8. The first-order valence-electron chi connectivity index (χ1n) is 11.7. The minimum absolute atomic E-state index is 0.197. The molecule has 0 amide bonds. The second-order valence-electron chi connectivity index (χ2n) is 8.61. The Balaban J connectivity index is 1.48. The molecule has 0 heterocycles. The van der Waals surface area contributed by atoms with Gasteiger partial charge in [0, 0.05) is 23.3 Å². The van der Waals surface area contributed by atoms with E-state index in [1.165, 1.54) is 30.3 Å². The van der Waals surface area contributed by atoms with Gasteiger partial charge < -0.3 is 9.47 Å². The van der Waals surface area contributed by atoms with Crippen LogP contribution in [0.5, 0.6) is 11.5 Å². The lowest BCUT2D eigenvalue weighted by Crippen LogP contribution is -2.32. The molecule has 0 unspecified atom stereocenters. The van der Waals surface area contributed by atoms with Gasteiger partial charge in [0.2, 0.25) is 5.82 Å². The Morgan fingerprint density at radius 3 is 1.82 bits per heavy atom. The fourth-order valence-corrected chi connectivity index (χ4v) is 3.89. The van der Waals surface area contributed by atoms with E-state index in [-0.39, 0.29) is 23.3 Å². The summed E-state index contributed by atoms with van der Waals surface area (Å²) < 4.78 is 120. The molecule has 0 N–H and O–H groups in total. The number of aryl methyl sites for hydroxylation is 1. The average molecular weight is 552 g/mol. The molecule has 0 bridgehead atoms. The maximum absolute atomic E-state index is 14.8. The number of benzene rings is 4. The molecule has 4 rings (SSSR count). The van der Waals surface area contributed by atoms with Crippen LogP contribution in [0.2, 0.25) is 0 Å². The van der Waals surface area contributed by atoms with E-state index in [0.29, 0.717) is 11.1 Å². The summed E-state index contributed by atoms with van der Waals surface area (Å²) in [5, 5.41) is 0. The van der Waals surface area contributed by atoms with Crippen molar-refractivity contribution in [3.05, 3.63) is 107 Å². The Labute approximate surface area is 218 Å². The van der Waals surface area contributed by atoms with E-state index in [4.69, 9.17) is 0 Å². The van der Waals surface area contributed by atoms with E-state index < -0.39 is 59.1 Å². The molecule has 0 aromatic heterocycles. The van der Waals surface area contributed by atoms with Crippen LogP contribution in [-0.2, 0) is 6.42 Å². The largest absolute Gasteiger partial charge is 0.480 e. The molecular formula is C29H20F8O2. The van der Waals surface area contributed by atoms with Crippen LogP contribution in [0.4, 0.5) is 35.1 Å². The van der Waals surface area contributed by atoms with Crippen molar-refractivity contribution in [2.75, 3.05) is 6.61 Å². The molecule has 4 aromatic carbocycles. The predicted molar refractivity (Wildman–Crippen MR) is 129 cm³/mol. The lowest BCUT2D eigenvalue weighted by atomic mass is 9.98. The van der Waals surface area contributed by atoms with Crippen molar-refractivity contribution in [3.63, 3.8) is 0 Å². The molecule has 39 heavy (non-hydrogen) atoms. The number of hydrogen-bond acceptors (Lipinski definition) is 2. The highest BCUT2D eigenvalue weighted by atomic mass is 19.3. The smallest absolute Gasteiger partial charge is 0.433 e. The van der Waals surface area contributed by atoms with Gasteiger partial charge in [0.25, 0.3) is 0 Å². The second-order valence-corrected chi connectivity index (χ2v) is 8.61. The van der Waals surface area contributed by atoms with E-state index in [0.717, 1.165) is 30.5 Å². The zero-order valence-corrected chi connectivity index (χ0v) is 20.3. The van der Waals surface area contributed by atoms with Crippen LogP contribution in [0.25, 0.3) is 22.3 Å². The van der Waals surface area contributed by atoms with Crippen LogP contribution < -0.4 is 9.47 Å². The maximum Gasteiger partial charge on any atom is 0.433 e. The molecule has 0 saturated carbocycles. The van der Waals surface area contributed by atoms with Crippen molar-refractivity contribution in [3.8, 4) is 33.8 Å². The monoisotopic (exact) mass is 552 g/mol. The van der Waals surface area contributed by atoms with E-state index in [2.05, 4.69) is 9.47 Å². The Bertz CT molecular complexity index is 1460. The lowest BCUT2D eigenvalue weighted by molar-refractivity contribution is -0.196. The second kappa shape index (κ2) is 11.3. The van der Waals surface area contributed by atoms with Crippen molar-refractivity contribution >= 4 is 0 Å². The van der Waals surface area contributed by atoms with Gasteiger partial charge in [0.15, 0.2) is 35.6 Å². The zero-order valence-electron chi connectivity index (χ0n) is 20.3. The fourth-order valence-electron chi connectivity index (χ4n) is 3.89. The third-order valence-electron chi connectivity index (χ3n) is 5.75. The van der Waals surface area contributed by atoms with Gasteiger partial charge in [0.05, 0.1) is 0 Å². The van der Waals surface area contributed by atoms with Gasteiger partial charge in [0.1, 0.15) is 11.6 Å². The molecule has 204 valence electrons. The summed E-state index contributed by atoms with van der Waals surface area (Å²) in [6.07, 6.45) is -2.63. The summed E-state index contributed by atoms with van der Waals surface area (Å²) in [5.74, 6) is -10.7. The molecule has 10 heteroatoms. The molecule has 0 spiro atoms. The Kier molecular flexibility index (Phi) is 8.13. The molecule has 0 aliphatic heterocycles. The first kappa shape index (κ1) is 27.9. The van der Waals surface area contributed by atoms with Crippen LogP contribution in [0.15, 0.2) is 66.7 Å². The highest BCUT2D eigenvalue weighted by Crippen LogP contribution is 2.33. The van der Waals surface area contributed by atoms with Crippen molar-refractivity contribution < 1.29 is 44.6 Å². The van der Waals surface area contributed by atoms with E-state index >= 15 is 0 Å². The Hall–Kier alpha value is -4.08. The average Bonchev–Trinajstić information content (AvgIpc) is 2.88. The Morgan fingerprint density at radius 1 is 0.641 bits per heavy atom. The number of alkyl halides is 2. The van der Waals surface area contributed by atoms with E-state index in [9.17, 15) is 35.1 Å². The number of halogens is 8. The molecule has 0 fully saturated rings. The topological polar surface area (TPSA) is 18.5 Å².